The Balaban J connectivity index is 0.00000304. The third-order valence-electron chi connectivity index (χ3n) is 6.63. The molecular weight excluding hydrogens is 468 g/mol. The van der Waals surface area contributed by atoms with Gasteiger partial charge in [0.2, 0.25) is 16.8 Å². The highest BCUT2D eigenvalue weighted by molar-refractivity contribution is 7.89. The number of carbonyl (C=O) groups is 1. The van der Waals surface area contributed by atoms with Crippen molar-refractivity contribution >= 4 is 15.8 Å². The fourth-order valence-electron chi connectivity index (χ4n) is 4.36. The maximum atomic E-state index is 13.3. The number of aromatic nitrogens is 1. The molecule has 0 radical (unpaired) electrons. The standard InChI is InChI=1S/C26H26N2O6S.H2/c1-28(13-14-29)35(31,32)21-8-5-18(6-9-21)22-4-2-3-20(27-22)16-25(30)26(11-12-26)19-7-10-23-24(15-19)34-17-33-23;/h2-10,15,29H,11-14,16-17H2,1H3;1H. The molecule has 2 heterocycles. The van der Waals surface area contributed by atoms with Gasteiger partial charge in [-0.1, -0.05) is 24.3 Å². The largest absolute Gasteiger partial charge is 0.454 e. The lowest BCUT2D eigenvalue weighted by molar-refractivity contribution is -0.120. The lowest BCUT2D eigenvalue weighted by Crippen LogP contribution is -2.29. The van der Waals surface area contributed by atoms with Crippen molar-refractivity contribution in [1.29, 1.82) is 0 Å². The minimum absolute atomic E-state index is 0. The van der Waals surface area contributed by atoms with Crippen molar-refractivity contribution in [3.63, 3.8) is 0 Å². The van der Waals surface area contributed by atoms with Crippen molar-refractivity contribution in [1.82, 2.24) is 9.29 Å². The molecule has 2 aliphatic rings. The van der Waals surface area contributed by atoms with Gasteiger partial charge in [0.1, 0.15) is 5.78 Å². The van der Waals surface area contributed by atoms with Crippen LogP contribution in [0.3, 0.4) is 0 Å². The van der Waals surface area contributed by atoms with Crippen LogP contribution < -0.4 is 9.47 Å². The van der Waals surface area contributed by atoms with E-state index in [0.29, 0.717) is 22.9 Å². The van der Waals surface area contributed by atoms with Gasteiger partial charge < -0.3 is 14.6 Å². The number of fused-ring (bicyclic) bond motifs is 1. The normalized spacial score (nSPS) is 15.9. The lowest BCUT2D eigenvalue weighted by atomic mass is 9.88. The molecule has 1 saturated carbocycles. The molecule has 0 amide bonds. The van der Waals surface area contributed by atoms with Gasteiger partial charge in [-0.15, -0.1) is 0 Å². The van der Waals surface area contributed by atoms with Gasteiger partial charge in [0.25, 0.3) is 0 Å². The first kappa shape index (κ1) is 23.5. The first-order valence-electron chi connectivity index (χ1n) is 11.4. The third kappa shape index (κ3) is 4.42. The Bertz CT molecular complexity index is 1370. The van der Waals surface area contributed by atoms with Crippen LogP contribution in [0.5, 0.6) is 11.5 Å². The number of aliphatic hydroxyl groups is 1. The number of hydrogen-bond acceptors (Lipinski definition) is 7. The minimum atomic E-state index is -3.67. The molecule has 0 spiro atoms. The zero-order valence-corrected chi connectivity index (χ0v) is 20.1. The van der Waals surface area contributed by atoms with Crippen LogP contribution in [-0.2, 0) is 26.7 Å². The number of carbonyl (C=O) groups excluding carboxylic acids is 1. The number of likely N-dealkylation sites (N-methyl/N-ethyl adjacent to an activating group) is 1. The van der Waals surface area contributed by atoms with Gasteiger partial charge in [-0.05, 0) is 54.8 Å². The number of rotatable bonds is 9. The second-order valence-corrected chi connectivity index (χ2v) is 10.9. The van der Waals surface area contributed by atoms with Gasteiger partial charge in [-0.3, -0.25) is 9.78 Å². The van der Waals surface area contributed by atoms with Crippen molar-refractivity contribution in [2.45, 2.75) is 29.6 Å². The summed E-state index contributed by atoms with van der Waals surface area (Å²) in [5.41, 5.74) is 2.52. The zero-order valence-electron chi connectivity index (χ0n) is 19.3. The maximum Gasteiger partial charge on any atom is 0.242 e. The summed E-state index contributed by atoms with van der Waals surface area (Å²) in [5.74, 6) is 1.49. The van der Waals surface area contributed by atoms with E-state index in [0.717, 1.165) is 28.3 Å². The summed E-state index contributed by atoms with van der Waals surface area (Å²) < 4.78 is 37.1. The number of pyridine rings is 1. The van der Waals surface area contributed by atoms with Crippen LogP contribution in [0.15, 0.2) is 65.6 Å². The lowest BCUT2D eigenvalue weighted by Gasteiger charge is -2.16. The summed E-state index contributed by atoms with van der Waals surface area (Å²) in [6, 6.07) is 17.7. The smallest absolute Gasteiger partial charge is 0.242 e. The SMILES string of the molecule is CN(CCO)S(=O)(=O)c1ccc(-c2cccc(CC(=O)C3(c4ccc5c(c4)OCO5)CC3)n2)cc1.[HH]. The number of sulfonamides is 1. The van der Waals surface area contributed by atoms with Crippen LogP contribution >= 0.6 is 0 Å². The summed E-state index contributed by atoms with van der Waals surface area (Å²) in [6.45, 7) is -0.0304. The van der Waals surface area contributed by atoms with Gasteiger partial charge >= 0.3 is 0 Å². The van der Waals surface area contributed by atoms with Gasteiger partial charge in [-0.25, -0.2) is 8.42 Å². The molecule has 2 aromatic carbocycles. The van der Waals surface area contributed by atoms with Crippen molar-refractivity contribution in [2.75, 3.05) is 27.0 Å². The number of benzene rings is 2. The Labute approximate surface area is 205 Å². The highest BCUT2D eigenvalue weighted by Gasteiger charge is 2.51. The van der Waals surface area contributed by atoms with Gasteiger partial charge in [0.05, 0.1) is 22.6 Å². The zero-order chi connectivity index (χ0) is 24.6. The molecule has 5 rings (SSSR count). The van der Waals surface area contributed by atoms with Gasteiger partial charge in [-0.2, -0.15) is 4.31 Å². The van der Waals surface area contributed by atoms with E-state index >= 15 is 0 Å². The highest BCUT2D eigenvalue weighted by atomic mass is 32.2. The first-order valence-corrected chi connectivity index (χ1v) is 12.8. The number of Topliss-reactive ketones (excluding diaryl/α,β-unsaturated/α-hetero) is 1. The third-order valence-corrected chi connectivity index (χ3v) is 8.50. The molecule has 0 saturated heterocycles. The first-order chi connectivity index (χ1) is 16.8. The summed E-state index contributed by atoms with van der Waals surface area (Å²) >= 11 is 0. The Hall–Kier alpha value is -3.27. The van der Waals surface area contributed by atoms with E-state index in [1.54, 1.807) is 12.1 Å². The second kappa shape index (κ2) is 9.07. The Morgan fingerprint density at radius 2 is 1.83 bits per heavy atom. The van der Waals surface area contributed by atoms with Crippen LogP contribution in [0.4, 0.5) is 0 Å². The summed E-state index contributed by atoms with van der Waals surface area (Å²) in [7, 11) is -2.24. The number of aliphatic hydroxyl groups excluding tert-OH is 1. The molecule has 1 aliphatic carbocycles. The van der Waals surface area contributed by atoms with Crippen LogP contribution in [0, 0.1) is 0 Å². The molecular formula is C26H28N2O6S. The van der Waals surface area contributed by atoms with Crippen molar-refractivity contribution in [3.05, 3.63) is 71.9 Å². The number of nitrogens with zero attached hydrogens (tertiary/aromatic N) is 2. The summed E-state index contributed by atoms with van der Waals surface area (Å²) in [5, 5.41) is 9.03. The van der Waals surface area contributed by atoms with Crippen LogP contribution in [-0.4, -0.2) is 55.6 Å². The van der Waals surface area contributed by atoms with E-state index in [4.69, 9.17) is 14.6 Å². The quantitative estimate of drug-likeness (QED) is 0.485. The van der Waals surface area contributed by atoms with E-state index in [1.165, 1.54) is 19.2 Å². The average Bonchev–Trinajstić information content (AvgIpc) is 3.55. The van der Waals surface area contributed by atoms with Crippen molar-refractivity contribution < 1.29 is 29.2 Å². The average molecular weight is 497 g/mol. The van der Waals surface area contributed by atoms with Crippen LogP contribution in [0.2, 0.25) is 0 Å². The van der Waals surface area contributed by atoms with E-state index in [-0.39, 0.29) is 38.5 Å². The van der Waals surface area contributed by atoms with Gasteiger partial charge in [0.15, 0.2) is 11.5 Å². The van der Waals surface area contributed by atoms with E-state index < -0.39 is 15.4 Å². The van der Waals surface area contributed by atoms with Gasteiger partial charge in [0, 0.05) is 32.7 Å². The molecule has 0 unspecified atom stereocenters. The Morgan fingerprint density at radius 1 is 1.09 bits per heavy atom. The molecule has 9 heteroatoms. The topological polar surface area (TPSA) is 106 Å². The van der Waals surface area contributed by atoms with E-state index in [2.05, 4.69) is 4.98 Å². The van der Waals surface area contributed by atoms with Crippen LogP contribution in [0.25, 0.3) is 11.3 Å². The highest BCUT2D eigenvalue weighted by Crippen LogP contribution is 2.51. The molecule has 3 aromatic rings. The Kier molecular flexibility index (Phi) is 6.08. The second-order valence-electron chi connectivity index (χ2n) is 8.84. The monoisotopic (exact) mass is 496 g/mol. The van der Waals surface area contributed by atoms with Crippen LogP contribution in [0.1, 0.15) is 25.5 Å². The molecule has 184 valence electrons. The maximum absolute atomic E-state index is 13.3. The predicted octanol–water partition coefficient (Wildman–Crippen LogP) is 3.18. The molecule has 1 N–H and O–H groups in total. The summed E-state index contributed by atoms with van der Waals surface area (Å²) in [6.07, 6.45) is 1.80. The minimum Gasteiger partial charge on any atom is -0.454 e. The molecule has 1 aromatic heterocycles. The molecule has 1 fully saturated rings. The predicted molar refractivity (Wildman–Crippen MR) is 131 cm³/mol. The molecule has 35 heavy (non-hydrogen) atoms. The van der Waals surface area contributed by atoms with E-state index in [1.807, 2.05) is 36.4 Å². The molecule has 0 atom stereocenters. The molecule has 0 bridgehead atoms. The molecule has 8 nitrogen and oxygen atoms in total. The summed E-state index contributed by atoms with van der Waals surface area (Å²) in [4.78, 5) is 18.1. The fourth-order valence-corrected chi connectivity index (χ4v) is 5.52. The number of ketones is 1. The van der Waals surface area contributed by atoms with Crippen molar-refractivity contribution in [2.24, 2.45) is 0 Å². The fraction of sp³-hybridized carbons (Fsp3) is 0.308. The van der Waals surface area contributed by atoms with E-state index in [9.17, 15) is 13.2 Å². The number of hydrogen-bond donors (Lipinski definition) is 1. The Morgan fingerprint density at radius 3 is 2.54 bits per heavy atom. The number of ether oxygens (including phenoxy) is 2. The molecule has 1 aliphatic heterocycles. The van der Waals surface area contributed by atoms with Crippen molar-refractivity contribution in [3.8, 4) is 22.8 Å².